The van der Waals surface area contributed by atoms with E-state index in [-0.39, 0.29) is 5.56 Å². The number of halogens is 3. The number of thiol groups is 1. The molecule has 0 fully saturated rings. The van der Waals surface area contributed by atoms with Crippen LogP contribution in [0.15, 0.2) is 12.1 Å². The fourth-order valence-electron chi connectivity index (χ4n) is 1.18. The van der Waals surface area contributed by atoms with Crippen molar-refractivity contribution in [2.75, 3.05) is 5.75 Å². The van der Waals surface area contributed by atoms with Crippen LogP contribution < -0.4 is 0 Å². The number of hydrogen-bond donors (Lipinski definition) is 1. The summed E-state index contributed by atoms with van der Waals surface area (Å²) < 4.78 is 38.3. The molecule has 0 saturated heterocycles. The molecule has 0 N–H and O–H groups in total. The molecule has 78 valence electrons. The molecule has 0 atom stereocenters. The van der Waals surface area contributed by atoms with Gasteiger partial charge in [-0.05, 0) is 36.6 Å². The standard InChI is InChI=1S/C10H11F3S/c11-8-6-10(13)9(12)5-7(8)3-1-2-4-14/h5-6,14H,1-4H2. The highest BCUT2D eigenvalue weighted by atomic mass is 32.1. The van der Waals surface area contributed by atoms with E-state index in [1.807, 2.05) is 0 Å². The van der Waals surface area contributed by atoms with Gasteiger partial charge in [0.25, 0.3) is 0 Å². The van der Waals surface area contributed by atoms with Crippen molar-refractivity contribution >= 4 is 12.6 Å². The quantitative estimate of drug-likeness (QED) is 0.449. The number of benzene rings is 1. The monoisotopic (exact) mass is 220 g/mol. The molecule has 4 heteroatoms. The molecule has 0 aromatic heterocycles. The average Bonchev–Trinajstić information content (AvgIpc) is 2.14. The molecule has 0 aliphatic heterocycles. The number of hydrogen-bond acceptors (Lipinski definition) is 1. The van der Waals surface area contributed by atoms with E-state index in [0.29, 0.717) is 18.2 Å². The van der Waals surface area contributed by atoms with Gasteiger partial charge in [0.15, 0.2) is 11.6 Å². The third kappa shape index (κ3) is 2.94. The molecule has 14 heavy (non-hydrogen) atoms. The Morgan fingerprint density at radius 3 is 2.21 bits per heavy atom. The Morgan fingerprint density at radius 1 is 0.929 bits per heavy atom. The molecule has 1 rings (SSSR count). The third-order valence-corrected chi connectivity index (χ3v) is 2.26. The topological polar surface area (TPSA) is 0 Å². The first-order valence-electron chi connectivity index (χ1n) is 4.39. The summed E-state index contributed by atoms with van der Waals surface area (Å²) >= 11 is 4.00. The molecule has 0 unspecified atom stereocenters. The third-order valence-electron chi connectivity index (χ3n) is 1.94. The summed E-state index contributed by atoms with van der Waals surface area (Å²) in [6.07, 6.45) is 1.98. The van der Waals surface area contributed by atoms with E-state index in [1.54, 1.807) is 0 Å². The van der Waals surface area contributed by atoms with Crippen LogP contribution in [0.5, 0.6) is 0 Å². The molecule has 0 aliphatic rings. The molecule has 1 aromatic rings. The van der Waals surface area contributed by atoms with Gasteiger partial charge in [0.2, 0.25) is 0 Å². The van der Waals surface area contributed by atoms with Gasteiger partial charge in [0.05, 0.1) is 0 Å². The second kappa shape index (κ2) is 5.29. The van der Waals surface area contributed by atoms with E-state index in [9.17, 15) is 13.2 Å². The maximum absolute atomic E-state index is 13.0. The van der Waals surface area contributed by atoms with Crippen molar-refractivity contribution in [3.8, 4) is 0 Å². The van der Waals surface area contributed by atoms with E-state index in [0.717, 1.165) is 18.9 Å². The molecule has 0 aliphatic carbocycles. The van der Waals surface area contributed by atoms with Crippen molar-refractivity contribution in [2.45, 2.75) is 19.3 Å². The van der Waals surface area contributed by atoms with Gasteiger partial charge in [-0.3, -0.25) is 0 Å². The van der Waals surface area contributed by atoms with E-state index >= 15 is 0 Å². The molecule has 0 bridgehead atoms. The number of rotatable bonds is 4. The minimum absolute atomic E-state index is 0.227. The predicted molar refractivity (Wildman–Crippen MR) is 53.1 cm³/mol. The van der Waals surface area contributed by atoms with Crippen LogP contribution in [-0.4, -0.2) is 5.75 Å². The molecular formula is C10H11F3S. The fourth-order valence-corrected chi connectivity index (χ4v) is 1.41. The van der Waals surface area contributed by atoms with Crippen molar-refractivity contribution in [3.63, 3.8) is 0 Å². The van der Waals surface area contributed by atoms with Gasteiger partial charge in [-0.1, -0.05) is 0 Å². The zero-order valence-electron chi connectivity index (χ0n) is 7.56. The van der Waals surface area contributed by atoms with Gasteiger partial charge in [-0.25, -0.2) is 13.2 Å². The molecule has 0 saturated carbocycles. The first-order valence-corrected chi connectivity index (χ1v) is 5.02. The highest BCUT2D eigenvalue weighted by Gasteiger charge is 2.08. The number of aryl methyl sites for hydroxylation is 1. The molecule has 0 spiro atoms. The second-order valence-corrected chi connectivity index (χ2v) is 3.49. The van der Waals surface area contributed by atoms with Crippen LogP contribution in [0.1, 0.15) is 18.4 Å². The van der Waals surface area contributed by atoms with Gasteiger partial charge in [-0.2, -0.15) is 12.6 Å². The van der Waals surface area contributed by atoms with E-state index < -0.39 is 17.5 Å². The van der Waals surface area contributed by atoms with Crippen LogP contribution in [0.3, 0.4) is 0 Å². The molecule has 1 aromatic carbocycles. The van der Waals surface area contributed by atoms with Crippen LogP contribution in [0.25, 0.3) is 0 Å². The Bertz CT molecular complexity index is 312. The van der Waals surface area contributed by atoms with Gasteiger partial charge < -0.3 is 0 Å². The molecule has 0 heterocycles. The molecule has 0 nitrogen and oxygen atoms in total. The smallest absolute Gasteiger partial charge is 0.161 e. The average molecular weight is 220 g/mol. The molecular weight excluding hydrogens is 209 g/mol. The minimum Gasteiger partial charge on any atom is -0.207 e. The second-order valence-electron chi connectivity index (χ2n) is 3.04. The van der Waals surface area contributed by atoms with Gasteiger partial charge in [-0.15, -0.1) is 0 Å². The fraction of sp³-hybridized carbons (Fsp3) is 0.400. The zero-order chi connectivity index (χ0) is 10.6. The van der Waals surface area contributed by atoms with Crippen molar-refractivity contribution < 1.29 is 13.2 Å². The normalized spacial score (nSPS) is 10.6. The lowest BCUT2D eigenvalue weighted by molar-refractivity contribution is 0.489. The van der Waals surface area contributed by atoms with Crippen LogP contribution in [0.4, 0.5) is 13.2 Å². The highest BCUT2D eigenvalue weighted by molar-refractivity contribution is 7.80. The first-order chi connectivity index (χ1) is 6.65. The highest BCUT2D eigenvalue weighted by Crippen LogP contribution is 2.15. The Kier molecular flexibility index (Phi) is 4.32. The first kappa shape index (κ1) is 11.4. The summed E-state index contributed by atoms with van der Waals surface area (Å²) in [4.78, 5) is 0. The van der Waals surface area contributed by atoms with Crippen LogP contribution in [0.2, 0.25) is 0 Å². The van der Waals surface area contributed by atoms with Crippen molar-refractivity contribution in [3.05, 3.63) is 35.1 Å². The van der Waals surface area contributed by atoms with Crippen LogP contribution in [-0.2, 0) is 6.42 Å². The van der Waals surface area contributed by atoms with Crippen molar-refractivity contribution in [2.24, 2.45) is 0 Å². The Hall–Kier alpha value is -0.640. The number of unbranched alkanes of at least 4 members (excludes halogenated alkanes) is 1. The van der Waals surface area contributed by atoms with E-state index in [4.69, 9.17) is 0 Å². The lowest BCUT2D eigenvalue weighted by Crippen LogP contribution is -1.96. The van der Waals surface area contributed by atoms with Crippen LogP contribution in [0, 0.1) is 17.5 Å². The van der Waals surface area contributed by atoms with Crippen LogP contribution >= 0.6 is 12.6 Å². The van der Waals surface area contributed by atoms with Gasteiger partial charge >= 0.3 is 0 Å². The Labute approximate surface area is 86.5 Å². The minimum atomic E-state index is -1.14. The summed E-state index contributed by atoms with van der Waals surface area (Å²) in [5.41, 5.74) is 0.227. The molecule has 0 radical (unpaired) electrons. The van der Waals surface area contributed by atoms with E-state index in [1.165, 1.54) is 0 Å². The van der Waals surface area contributed by atoms with Gasteiger partial charge in [0.1, 0.15) is 5.82 Å². The summed E-state index contributed by atoms with van der Waals surface area (Å²) in [6, 6.07) is 1.51. The Morgan fingerprint density at radius 2 is 1.57 bits per heavy atom. The summed E-state index contributed by atoms with van der Waals surface area (Å²) in [6.45, 7) is 0. The van der Waals surface area contributed by atoms with Crippen molar-refractivity contribution in [1.29, 1.82) is 0 Å². The lowest BCUT2D eigenvalue weighted by Gasteiger charge is -2.03. The maximum Gasteiger partial charge on any atom is 0.161 e. The molecule has 0 amide bonds. The zero-order valence-corrected chi connectivity index (χ0v) is 8.46. The summed E-state index contributed by atoms with van der Waals surface area (Å²) in [5, 5.41) is 0. The van der Waals surface area contributed by atoms with Gasteiger partial charge in [0, 0.05) is 6.07 Å². The van der Waals surface area contributed by atoms with E-state index in [2.05, 4.69) is 12.6 Å². The maximum atomic E-state index is 13.0. The predicted octanol–water partition coefficient (Wildman–Crippen LogP) is 3.36. The lowest BCUT2D eigenvalue weighted by atomic mass is 10.1. The summed E-state index contributed by atoms with van der Waals surface area (Å²) in [7, 11) is 0. The van der Waals surface area contributed by atoms with Crippen molar-refractivity contribution in [1.82, 2.24) is 0 Å². The SMILES string of the molecule is Fc1cc(F)c(CCCCS)cc1F. The summed E-state index contributed by atoms with van der Waals surface area (Å²) in [5.74, 6) is -2.10. The largest absolute Gasteiger partial charge is 0.207 e. The Balaban J connectivity index is 2.72.